The average molecular weight is 435 g/mol. The van der Waals surface area contributed by atoms with E-state index in [-0.39, 0.29) is 11.7 Å². The smallest absolute Gasteiger partial charge is 0.260 e. The fraction of sp³-hybridized carbons (Fsp3) is 0.360. The Bertz CT molecular complexity index is 1120. The number of hydrogen-bond donors (Lipinski definition) is 2. The number of carbonyl (C=O) groups excluding carboxylic acids is 1. The van der Waals surface area contributed by atoms with Gasteiger partial charge in [0.2, 0.25) is 0 Å². The molecule has 2 aromatic rings. The van der Waals surface area contributed by atoms with Gasteiger partial charge in [-0.05, 0) is 76.2 Å². The predicted octanol–water partition coefficient (Wildman–Crippen LogP) is 4.28. The lowest BCUT2D eigenvalue weighted by atomic mass is 9.93. The number of anilines is 2. The highest BCUT2D eigenvalue weighted by Gasteiger charge is 2.38. The monoisotopic (exact) mass is 434 g/mol. The van der Waals surface area contributed by atoms with Crippen molar-refractivity contribution in [3.05, 3.63) is 65.3 Å². The lowest BCUT2D eigenvalue weighted by Crippen LogP contribution is -2.26. The average Bonchev–Trinajstić information content (AvgIpc) is 3.45. The van der Waals surface area contributed by atoms with Crippen molar-refractivity contribution < 1.29 is 13.9 Å². The van der Waals surface area contributed by atoms with E-state index in [1.165, 1.54) is 38.1 Å². The summed E-state index contributed by atoms with van der Waals surface area (Å²) in [5.41, 5.74) is 2.80. The first-order chi connectivity index (χ1) is 15.4. The molecule has 1 saturated heterocycles. The molecule has 0 atom stereocenters. The molecule has 7 heteroatoms. The number of likely N-dealkylation sites (tertiary alicyclic amines) is 1. The summed E-state index contributed by atoms with van der Waals surface area (Å²) in [6.45, 7) is 8.20. The molecule has 3 aliphatic heterocycles. The van der Waals surface area contributed by atoms with Crippen LogP contribution in [0.4, 0.5) is 15.9 Å². The minimum atomic E-state index is -0.627. The van der Waals surface area contributed by atoms with E-state index in [4.69, 9.17) is 4.74 Å². The summed E-state index contributed by atoms with van der Waals surface area (Å²) in [5, 5.41) is 6.11. The zero-order chi connectivity index (χ0) is 22.3. The molecule has 1 amide bonds. The Hall–Kier alpha value is -3.19. The highest BCUT2D eigenvalue weighted by atomic mass is 19.1. The number of aromatic nitrogens is 1. The third kappa shape index (κ3) is 3.88. The van der Waals surface area contributed by atoms with Crippen molar-refractivity contribution in [2.24, 2.45) is 0 Å². The van der Waals surface area contributed by atoms with Crippen LogP contribution >= 0.6 is 0 Å². The fourth-order valence-electron chi connectivity index (χ4n) is 4.61. The van der Waals surface area contributed by atoms with Crippen LogP contribution in [0.3, 0.4) is 0 Å². The molecule has 1 fully saturated rings. The highest BCUT2D eigenvalue weighted by molar-refractivity contribution is 6.32. The van der Waals surface area contributed by atoms with E-state index in [1.54, 1.807) is 6.07 Å². The van der Waals surface area contributed by atoms with Gasteiger partial charge < -0.3 is 20.3 Å². The number of amides is 1. The van der Waals surface area contributed by atoms with Crippen LogP contribution in [-0.4, -0.2) is 47.6 Å². The van der Waals surface area contributed by atoms with Crippen molar-refractivity contribution in [2.45, 2.75) is 32.3 Å². The van der Waals surface area contributed by atoms with Crippen LogP contribution in [0, 0.1) is 5.82 Å². The molecule has 0 bridgehead atoms. The van der Waals surface area contributed by atoms with Gasteiger partial charge in [0, 0.05) is 36.0 Å². The predicted molar refractivity (Wildman–Crippen MR) is 123 cm³/mol. The van der Waals surface area contributed by atoms with Crippen molar-refractivity contribution in [2.75, 3.05) is 36.8 Å². The molecule has 1 aromatic heterocycles. The van der Waals surface area contributed by atoms with E-state index in [1.807, 2.05) is 38.3 Å². The van der Waals surface area contributed by atoms with Crippen LogP contribution in [0.2, 0.25) is 0 Å². The van der Waals surface area contributed by atoms with Crippen molar-refractivity contribution in [3.63, 3.8) is 0 Å². The van der Waals surface area contributed by atoms with Gasteiger partial charge in [0.1, 0.15) is 23.0 Å². The van der Waals surface area contributed by atoms with E-state index >= 15 is 0 Å². The molecule has 2 N–H and O–H groups in total. The second kappa shape index (κ2) is 8.06. The van der Waals surface area contributed by atoms with Crippen LogP contribution < -0.4 is 10.6 Å². The number of carbonyl (C=O) groups is 1. The molecule has 166 valence electrons. The number of benzene rings is 1. The fourth-order valence-corrected chi connectivity index (χ4v) is 4.61. The number of hydrogen-bond acceptors (Lipinski definition) is 5. The van der Waals surface area contributed by atoms with Gasteiger partial charge in [-0.15, -0.1) is 0 Å². The van der Waals surface area contributed by atoms with Gasteiger partial charge in [0.15, 0.2) is 0 Å². The first kappa shape index (κ1) is 20.7. The Morgan fingerprint density at radius 3 is 2.78 bits per heavy atom. The molecule has 0 unspecified atom stereocenters. The summed E-state index contributed by atoms with van der Waals surface area (Å²) in [5.74, 6) is 0.652. The zero-order valence-electron chi connectivity index (χ0n) is 18.4. The maximum Gasteiger partial charge on any atom is 0.260 e. The Balaban J connectivity index is 1.37. The van der Waals surface area contributed by atoms with Gasteiger partial charge in [-0.3, -0.25) is 4.79 Å². The number of pyridine rings is 1. The molecular weight excluding hydrogens is 407 g/mol. The van der Waals surface area contributed by atoms with E-state index in [2.05, 4.69) is 20.5 Å². The SMILES string of the molecule is CC1(C)OC(=C2C(=O)Nc3cc(F)ccc32)C=C1c1ccc(NCCN2CCCC2)nc1. The van der Waals surface area contributed by atoms with Gasteiger partial charge in [-0.2, -0.15) is 0 Å². The molecule has 0 aliphatic carbocycles. The Morgan fingerprint density at radius 2 is 2.03 bits per heavy atom. The standard InChI is InChI=1S/C25H27FN4O2/c1-25(2)19(16-5-8-22(28-15-16)27-9-12-30-10-3-4-11-30)14-21(32-25)23-18-7-6-17(26)13-20(18)29-24(23)31/h5-8,13-15H,3-4,9-12H2,1-2H3,(H,27,28)(H,29,31). The third-order valence-corrected chi connectivity index (χ3v) is 6.27. The Labute approximate surface area is 187 Å². The molecule has 0 spiro atoms. The second-order valence-electron chi connectivity index (χ2n) is 8.96. The van der Waals surface area contributed by atoms with Gasteiger partial charge >= 0.3 is 0 Å². The summed E-state index contributed by atoms with van der Waals surface area (Å²) in [7, 11) is 0. The topological polar surface area (TPSA) is 66.5 Å². The molecule has 3 aliphatic rings. The van der Waals surface area contributed by atoms with Crippen LogP contribution in [-0.2, 0) is 9.53 Å². The van der Waals surface area contributed by atoms with Crippen LogP contribution in [0.25, 0.3) is 11.1 Å². The molecular formula is C25H27FN4O2. The number of allylic oxidation sites excluding steroid dienone is 1. The van der Waals surface area contributed by atoms with Crippen LogP contribution in [0.1, 0.15) is 37.8 Å². The Kier molecular flexibility index (Phi) is 5.21. The molecule has 32 heavy (non-hydrogen) atoms. The number of nitrogens with one attached hydrogen (secondary N) is 2. The maximum atomic E-state index is 13.6. The molecule has 5 rings (SSSR count). The first-order valence-corrected chi connectivity index (χ1v) is 11.1. The number of nitrogens with zero attached hydrogens (tertiary/aromatic N) is 2. The van der Waals surface area contributed by atoms with Gasteiger partial charge in [-0.1, -0.05) is 0 Å². The quantitative estimate of drug-likeness (QED) is 0.688. The second-order valence-corrected chi connectivity index (χ2v) is 8.96. The number of halogens is 1. The molecule has 4 heterocycles. The lowest BCUT2D eigenvalue weighted by molar-refractivity contribution is -0.111. The van der Waals surface area contributed by atoms with E-state index < -0.39 is 5.60 Å². The highest BCUT2D eigenvalue weighted by Crippen LogP contribution is 2.44. The van der Waals surface area contributed by atoms with E-state index in [9.17, 15) is 9.18 Å². The van der Waals surface area contributed by atoms with Gasteiger partial charge in [0.05, 0.1) is 11.3 Å². The summed E-state index contributed by atoms with van der Waals surface area (Å²) in [4.78, 5) is 19.6. The summed E-state index contributed by atoms with van der Waals surface area (Å²) >= 11 is 0. The largest absolute Gasteiger partial charge is 0.482 e. The van der Waals surface area contributed by atoms with E-state index in [0.29, 0.717) is 22.6 Å². The summed E-state index contributed by atoms with van der Waals surface area (Å²) in [6, 6.07) is 8.28. The van der Waals surface area contributed by atoms with Crippen molar-refractivity contribution in [1.82, 2.24) is 9.88 Å². The summed E-state index contributed by atoms with van der Waals surface area (Å²) < 4.78 is 19.8. The normalized spacial score (nSPS) is 21.8. The number of ether oxygens (including phenoxy) is 1. The van der Waals surface area contributed by atoms with Crippen molar-refractivity contribution in [3.8, 4) is 0 Å². The maximum absolute atomic E-state index is 13.6. The van der Waals surface area contributed by atoms with Crippen LogP contribution in [0.5, 0.6) is 0 Å². The van der Waals surface area contributed by atoms with Crippen molar-refractivity contribution >= 4 is 28.6 Å². The lowest BCUT2D eigenvalue weighted by Gasteiger charge is -2.23. The van der Waals surface area contributed by atoms with E-state index in [0.717, 1.165) is 30.0 Å². The first-order valence-electron chi connectivity index (χ1n) is 11.1. The minimum Gasteiger partial charge on any atom is -0.482 e. The molecule has 0 saturated carbocycles. The molecule has 0 radical (unpaired) electrons. The minimum absolute atomic E-state index is 0.287. The number of fused-ring (bicyclic) bond motifs is 1. The van der Waals surface area contributed by atoms with Crippen molar-refractivity contribution in [1.29, 1.82) is 0 Å². The van der Waals surface area contributed by atoms with Crippen LogP contribution in [0.15, 0.2) is 48.4 Å². The third-order valence-electron chi connectivity index (χ3n) is 6.27. The van der Waals surface area contributed by atoms with Gasteiger partial charge in [0.25, 0.3) is 5.91 Å². The number of rotatable bonds is 5. The Morgan fingerprint density at radius 1 is 1.22 bits per heavy atom. The molecule has 6 nitrogen and oxygen atoms in total. The van der Waals surface area contributed by atoms with Gasteiger partial charge in [-0.25, -0.2) is 9.37 Å². The summed E-state index contributed by atoms with van der Waals surface area (Å²) in [6.07, 6.45) is 6.32. The zero-order valence-corrected chi connectivity index (χ0v) is 18.4. The molecule has 1 aromatic carbocycles.